The van der Waals surface area contributed by atoms with E-state index in [4.69, 9.17) is 5.73 Å². The summed E-state index contributed by atoms with van der Waals surface area (Å²) in [6.45, 7) is 2.34. The van der Waals surface area contributed by atoms with Gasteiger partial charge in [0.1, 0.15) is 0 Å². The molecule has 3 nitrogen and oxygen atoms in total. The Balaban J connectivity index is 2.57. The zero-order chi connectivity index (χ0) is 13.1. The van der Waals surface area contributed by atoms with Crippen LogP contribution >= 0.6 is 0 Å². The summed E-state index contributed by atoms with van der Waals surface area (Å²) >= 11 is 0. The summed E-state index contributed by atoms with van der Waals surface area (Å²) in [6, 6.07) is 0. The minimum Gasteiger partial charge on any atom is -0.338 e. The van der Waals surface area contributed by atoms with Gasteiger partial charge in [-0.2, -0.15) is 13.2 Å². The van der Waals surface area contributed by atoms with E-state index in [0.29, 0.717) is 13.0 Å². The van der Waals surface area contributed by atoms with Crippen LogP contribution in [0.2, 0.25) is 0 Å². The number of nitrogens with zero attached hydrogens (tertiary/aromatic N) is 1. The van der Waals surface area contributed by atoms with E-state index in [0.717, 1.165) is 6.08 Å². The zero-order valence-electron chi connectivity index (χ0n) is 9.76. The fourth-order valence-corrected chi connectivity index (χ4v) is 1.81. The maximum absolute atomic E-state index is 12.4. The van der Waals surface area contributed by atoms with Crippen molar-refractivity contribution in [2.24, 2.45) is 11.7 Å². The van der Waals surface area contributed by atoms with Gasteiger partial charge in [0.15, 0.2) is 0 Å². The van der Waals surface area contributed by atoms with Crippen LogP contribution in [-0.4, -0.2) is 36.6 Å². The molecule has 0 saturated carbocycles. The molecule has 1 atom stereocenters. The highest BCUT2D eigenvalue weighted by Gasteiger charge is 2.35. The van der Waals surface area contributed by atoms with Crippen molar-refractivity contribution in [2.45, 2.75) is 25.9 Å². The number of carbonyl (C=O) groups excluding carboxylic acids is 1. The summed E-state index contributed by atoms with van der Waals surface area (Å²) in [5.74, 6) is -0.339. The predicted molar refractivity (Wildman–Crippen MR) is 58.2 cm³/mol. The fourth-order valence-electron chi connectivity index (χ4n) is 1.81. The molecule has 0 aromatic carbocycles. The third kappa shape index (κ3) is 3.73. The number of carbonyl (C=O) groups is 1. The number of alkyl halides is 3. The standard InChI is InChI=1S/C11H17F3N2O/c1-8(2-5-15)10(17)16-6-3-9(4-7-16)11(12,13)14/h3,8H,2,4-7,15H2,1H3. The Morgan fingerprint density at radius 1 is 1.59 bits per heavy atom. The van der Waals surface area contributed by atoms with Crippen LogP contribution in [0.3, 0.4) is 0 Å². The van der Waals surface area contributed by atoms with Crippen molar-refractivity contribution in [3.8, 4) is 0 Å². The van der Waals surface area contributed by atoms with E-state index in [1.807, 2.05) is 0 Å². The van der Waals surface area contributed by atoms with Gasteiger partial charge in [-0.15, -0.1) is 0 Å². The maximum Gasteiger partial charge on any atom is 0.412 e. The third-order valence-corrected chi connectivity index (χ3v) is 2.91. The Morgan fingerprint density at radius 3 is 2.65 bits per heavy atom. The summed E-state index contributed by atoms with van der Waals surface area (Å²) < 4.78 is 37.1. The van der Waals surface area contributed by atoms with Gasteiger partial charge in [0.25, 0.3) is 0 Å². The van der Waals surface area contributed by atoms with E-state index in [9.17, 15) is 18.0 Å². The van der Waals surface area contributed by atoms with Gasteiger partial charge in [0.05, 0.1) is 0 Å². The van der Waals surface area contributed by atoms with E-state index in [2.05, 4.69) is 0 Å². The first kappa shape index (κ1) is 14.0. The highest BCUT2D eigenvalue weighted by Crippen LogP contribution is 2.30. The van der Waals surface area contributed by atoms with Crippen LogP contribution in [0.5, 0.6) is 0 Å². The monoisotopic (exact) mass is 250 g/mol. The molecule has 6 heteroatoms. The summed E-state index contributed by atoms with van der Waals surface area (Å²) in [7, 11) is 0. The molecule has 0 bridgehead atoms. The van der Waals surface area contributed by atoms with Crippen LogP contribution in [0, 0.1) is 5.92 Å². The van der Waals surface area contributed by atoms with Crippen molar-refractivity contribution >= 4 is 5.91 Å². The van der Waals surface area contributed by atoms with Crippen LogP contribution in [0.1, 0.15) is 19.8 Å². The molecule has 0 aromatic rings. The minimum absolute atomic E-state index is 0.0442. The first-order chi connectivity index (χ1) is 7.86. The molecule has 1 amide bonds. The normalized spacial score (nSPS) is 18.9. The van der Waals surface area contributed by atoms with Gasteiger partial charge in [-0.05, 0) is 19.4 Å². The van der Waals surface area contributed by atoms with Crippen LogP contribution in [0.15, 0.2) is 11.6 Å². The largest absolute Gasteiger partial charge is 0.412 e. The smallest absolute Gasteiger partial charge is 0.338 e. The van der Waals surface area contributed by atoms with Gasteiger partial charge in [-0.1, -0.05) is 13.0 Å². The predicted octanol–water partition coefficient (Wildman–Crippen LogP) is 1.69. The molecular formula is C11H17F3N2O. The van der Waals surface area contributed by atoms with Gasteiger partial charge in [0.2, 0.25) is 5.91 Å². The van der Waals surface area contributed by atoms with E-state index in [-0.39, 0.29) is 31.3 Å². The highest BCUT2D eigenvalue weighted by molar-refractivity contribution is 5.78. The number of amides is 1. The first-order valence-corrected chi connectivity index (χ1v) is 5.61. The SMILES string of the molecule is CC(CCN)C(=O)N1CC=C(C(F)(F)F)CC1. The van der Waals surface area contributed by atoms with E-state index >= 15 is 0 Å². The highest BCUT2D eigenvalue weighted by atomic mass is 19.4. The molecule has 0 aromatic heterocycles. The second kappa shape index (κ2) is 5.53. The molecule has 2 N–H and O–H groups in total. The topological polar surface area (TPSA) is 46.3 Å². The molecule has 1 unspecified atom stereocenters. The van der Waals surface area contributed by atoms with E-state index in [1.54, 1.807) is 6.92 Å². The number of hydrogen-bond acceptors (Lipinski definition) is 2. The lowest BCUT2D eigenvalue weighted by molar-refractivity contribution is -0.136. The van der Waals surface area contributed by atoms with Crippen LogP contribution < -0.4 is 5.73 Å². The molecule has 17 heavy (non-hydrogen) atoms. The quantitative estimate of drug-likeness (QED) is 0.775. The van der Waals surface area contributed by atoms with Gasteiger partial charge < -0.3 is 10.6 Å². The molecule has 0 spiro atoms. The van der Waals surface area contributed by atoms with Crippen molar-refractivity contribution in [2.75, 3.05) is 19.6 Å². The number of halogens is 3. The molecular weight excluding hydrogens is 233 g/mol. The Hall–Kier alpha value is -1.04. The van der Waals surface area contributed by atoms with Gasteiger partial charge in [0, 0.05) is 24.6 Å². The molecule has 98 valence electrons. The lowest BCUT2D eigenvalue weighted by Gasteiger charge is -2.29. The molecule has 0 aliphatic carbocycles. The first-order valence-electron chi connectivity index (χ1n) is 5.61. The van der Waals surface area contributed by atoms with E-state index in [1.165, 1.54) is 4.90 Å². The second-order valence-electron chi connectivity index (χ2n) is 4.24. The van der Waals surface area contributed by atoms with Crippen LogP contribution in [0.25, 0.3) is 0 Å². The Kier molecular flexibility index (Phi) is 4.56. The van der Waals surface area contributed by atoms with Crippen LogP contribution in [-0.2, 0) is 4.79 Å². The molecule has 1 rings (SSSR count). The van der Waals surface area contributed by atoms with Crippen LogP contribution in [0.4, 0.5) is 13.2 Å². The van der Waals surface area contributed by atoms with E-state index < -0.39 is 11.7 Å². The Bertz CT molecular complexity index is 312. The van der Waals surface area contributed by atoms with Gasteiger partial charge in [-0.25, -0.2) is 0 Å². The summed E-state index contributed by atoms with van der Waals surface area (Å²) in [4.78, 5) is 13.3. The number of hydrogen-bond donors (Lipinski definition) is 1. The fraction of sp³-hybridized carbons (Fsp3) is 0.727. The van der Waals surface area contributed by atoms with Crippen molar-refractivity contribution in [3.05, 3.63) is 11.6 Å². The molecule has 0 radical (unpaired) electrons. The lowest BCUT2D eigenvalue weighted by atomic mass is 10.0. The summed E-state index contributed by atoms with van der Waals surface area (Å²) in [5, 5.41) is 0. The van der Waals surface area contributed by atoms with Gasteiger partial charge >= 0.3 is 6.18 Å². The minimum atomic E-state index is -4.27. The van der Waals surface area contributed by atoms with Gasteiger partial charge in [-0.3, -0.25) is 4.79 Å². The van der Waals surface area contributed by atoms with Crippen molar-refractivity contribution in [1.82, 2.24) is 4.90 Å². The molecule has 1 heterocycles. The number of rotatable bonds is 3. The molecule has 1 aliphatic rings. The average Bonchev–Trinajstić information content (AvgIpc) is 2.27. The maximum atomic E-state index is 12.4. The molecule has 1 aliphatic heterocycles. The lowest BCUT2D eigenvalue weighted by Crippen LogP contribution is -2.40. The third-order valence-electron chi connectivity index (χ3n) is 2.91. The molecule has 0 saturated heterocycles. The van der Waals surface area contributed by atoms with Crippen molar-refractivity contribution in [3.63, 3.8) is 0 Å². The number of nitrogens with two attached hydrogens (primary N) is 1. The molecule has 0 fully saturated rings. The average molecular weight is 250 g/mol. The Morgan fingerprint density at radius 2 is 2.24 bits per heavy atom. The Labute approximate surface area is 98.5 Å². The zero-order valence-corrected chi connectivity index (χ0v) is 9.76. The summed E-state index contributed by atoms with van der Waals surface area (Å²) in [5.41, 5.74) is 4.81. The second-order valence-corrected chi connectivity index (χ2v) is 4.24. The van der Waals surface area contributed by atoms with Crippen molar-refractivity contribution in [1.29, 1.82) is 0 Å². The summed E-state index contributed by atoms with van der Waals surface area (Å²) in [6.07, 6.45) is -2.73. The van der Waals surface area contributed by atoms with Crippen molar-refractivity contribution < 1.29 is 18.0 Å².